The Bertz CT molecular complexity index is 410. The molecule has 2 rings (SSSR count). The zero-order chi connectivity index (χ0) is 9.59. The van der Waals surface area contributed by atoms with Gasteiger partial charge in [-0.2, -0.15) is 9.78 Å². The summed E-state index contributed by atoms with van der Waals surface area (Å²) in [6.45, 7) is 1.80. The number of carbonyl (C=O) groups is 2. The number of amides is 1. The van der Waals surface area contributed by atoms with Crippen molar-refractivity contribution in [1.82, 2.24) is 9.78 Å². The van der Waals surface area contributed by atoms with Crippen LogP contribution in [0.2, 0.25) is 0 Å². The van der Waals surface area contributed by atoms with Crippen molar-refractivity contribution in [3.8, 4) is 0 Å². The number of aromatic nitrogens is 2. The summed E-state index contributed by atoms with van der Waals surface area (Å²) in [5.74, 6) is -0.0422. The smallest absolute Gasteiger partial charge is 0.258 e. The third-order valence-electron chi connectivity index (χ3n) is 1.79. The monoisotopic (exact) mass is 291 g/mol. The molecule has 1 aliphatic heterocycles. The predicted octanol–water partition coefficient (Wildman–Crippen LogP) is 0.779. The van der Waals surface area contributed by atoms with Crippen LogP contribution < -0.4 is 5.32 Å². The summed E-state index contributed by atoms with van der Waals surface area (Å²) >= 11 is 2.05. The van der Waals surface area contributed by atoms with Crippen molar-refractivity contribution in [2.45, 2.75) is 13.3 Å². The van der Waals surface area contributed by atoms with E-state index in [9.17, 15) is 9.59 Å². The molecule has 1 aromatic heterocycles. The highest BCUT2D eigenvalue weighted by atomic mass is 127. The Kier molecular flexibility index (Phi) is 1.86. The first-order valence-corrected chi connectivity index (χ1v) is 4.75. The number of hydrogen-bond acceptors (Lipinski definition) is 3. The molecule has 5 nitrogen and oxygen atoms in total. The van der Waals surface area contributed by atoms with Crippen LogP contribution in [0.1, 0.15) is 16.9 Å². The van der Waals surface area contributed by atoms with Crippen LogP contribution in [0.3, 0.4) is 0 Å². The number of hydrogen-bond donors (Lipinski definition) is 1. The number of rotatable bonds is 0. The van der Waals surface area contributed by atoms with E-state index in [2.05, 4.69) is 33.0 Å². The Morgan fingerprint density at radius 3 is 2.92 bits per heavy atom. The number of nitrogens with zero attached hydrogens (tertiary/aromatic N) is 2. The van der Waals surface area contributed by atoms with Crippen molar-refractivity contribution in [3.05, 3.63) is 9.26 Å². The molecule has 0 spiro atoms. The topological polar surface area (TPSA) is 64.0 Å². The molecule has 13 heavy (non-hydrogen) atoms. The summed E-state index contributed by atoms with van der Waals surface area (Å²) < 4.78 is 2.07. The van der Waals surface area contributed by atoms with Gasteiger partial charge in [0.2, 0.25) is 5.91 Å². The number of anilines is 1. The van der Waals surface area contributed by atoms with Crippen LogP contribution >= 0.6 is 22.6 Å². The second-order valence-electron chi connectivity index (χ2n) is 2.78. The molecule has 0 fully saturated rings. The van der Waals surface area contributed by atoms with Crippen molar-refractivity contribution >= 4 is 40.2 Å². The fourth-order valence-corrected chi connectivity index (χ4v) is 1.66. The second kappa shape index (κ2) is 2.79. The Hall–Kier alpha value is -0.920. The van der Waals surface area contributed by atoms with Gasteiger partial charge in [-0.3, -0.25) is 9.59 Å². The van der Waals surface area contributed by atoms with E-state index in [0.717, 1.165) is 9.26 Å². The molecular formula is C7H6IN3O2. The third-order valence-corrected chi connectivity index (χ3v) is 3.08. The molecular weight excluding hydrogens is 285 g/mol. The normalized spacial score (nSPS) is 15.5. The highest BCUT2D eigenvalue weighted by Gasteiger charge is 2.26. The first kappa shape index (κ1) is 8.67. The van der Waals surface area contributed by atoms with Gasteiger partial charge in [-0.15, -0.1) is 0 Å². The van der Waals surface area contributed by atoms with Crippen LogP contribution in [0, 0.1) is 10.5 Å². The van der Waals surface area contributed by atoms with Gasteiger partial charge in [-0.25, -0.2) is 0 Å². The summed E-state index contributed by atoms with van der Waals surface area (Å²) in [7, 11) is 0. The molecule has 0 aromatic carbocycles. The molecule has 1 amide bonds. The Labute approximate surface area is 87.6 Å². The van der Waals surface area contributed by atoms with Crippen molar-refractivity contribution in [2.75, 3.05) is 5.32 Å². The number of nitrogens with one attached hydrogen (secondary N) is 1. The van der Waals surface area contributed by atoms with Crippen molar-refractivity contribution in [2.24, 2.45) is 0 Å². The van der Waals surface area contributed by atoms with E-state index in [4.69, 9.17) is 0 Å². The quantitative estimate of drug-likeness (QED) is 0.567. The summed E-state index contributed by atoms with van der Waals surface area (Å²) in [5, 5.41) is 6.62. The number of halogens is 1. The average Bonchev–Trinajstić information content (AvgIpc) is 2.32. The van der Waals surface area contributed by atoms with Crippen molar-refractivity contribution in [1.29, 1.82) is 0 Å². The van der Waals surface area contributed by atoms with Crippen molar-refractivity contribution < 1.29 is 9.59 Å². The van der Waals surface area contributed by atoms with Gasteiger partial charge in [0.1, 0.15) is 6.42 Å². The molecule has 0 saturated heterocycles. The first-order chi connectivity index (χ1) is 6.09. The van der Waals surface area contributed by atoms with Gasteiger partial charge < -0.3 is 5.32 Å². The number of aryl methyl sites for hydroxylation is 1. The van der Waals surface area contributed by atoms with Crippen LogP contribution in [0.25, 0.3) is 0 Å². The van der Waals surface area contributed by atoms with E-state index in [0.29, 0.717) is 5.82 Å². The minimum Gasteiger partial charge on any atom is -0.309 e. The molecule has 2 heterocycles. The summed E-state index contributed by atoms with van der Waals surface area (Å²) in [6.07, 6.45) is -0.121. The van der Waals surface area contributed by atoms with Gasteiger partial charge in [0.05, 0.1) is 9.26 Å². The zero-order valence-electron chi connectivity index (χ0n) is 6.80. The predicted molar refractivity (Wildman–Crippen MR) is 53.6 cm³/mol. The summed E-state index contributed by atoms with van der Waals surface area (Å²) in [5.41, 5.74) is 0.756. The maximum absolute atomic E-state index is 11.3. The summed E-state index contributed by atoms with van der Waals surface area (Å²) in [4.78, 5) is 22.3. The second-order valence-corrected chi connectivity index (χ2v) is 3.86. The molecule has 6 heteroatoms. The minimum absolute atomic E-state index is 0.121. The van der Waals surface area contributed by atoms with Gasteiger partial charge in [0.15, 0.2) is 5.82 Å². The lowest BCUT2D eigenvalue weighted by Crippen LogP contribution is -2.30. The van der Waals surface area contributed by atoms with E-state index >= 15 is 0 Å². The number of fused-ring (bicyclic) bond motifs is 1. The van der Waals surface area contributed by atoms with Gasteiger partial charge in [-0.1, -0.05) is 0 Å². The molecule has 0 bridgehead atoms. The molecule has 1 N–H and O–H groups in total. The zero-order valence-corrected chi connectivity index (χ0v) is 8.95. The Morgan fingerprint density at radius 2 is 2.23 bits per heavy atom. The fraction of sp³-hybridized carbons (Fsp3) is 0.286. The highest BCUT2D eigenvalue weighted by Crippen LogP contribution is 2.24. The van der Waals surface area contributed by atoms with Crippen LogP contribution in [-0.2, 0) is 4.79 Å². The lowest BCUT2D eigenvalue weighted by Gasteiger charge is -2.12. The van der Waals surface area contributed by atoms with E-state index in [1.165, 1.54) is 4.68 Å². The van der Waals surface area contributed by atoms with E-state index in [-0.39, 0.29) is 18.2 Å². The fourth-order valence-electron chi connectivity index (χ4n) is 1.19. The Morgan fingerprint density at radius 1 is 1.54 bits per heavy atom. The summed E-state index contributed by atoms with van der Waals surface area (Å²) in [6, 6.07) is 0. The molecule has 0 aliphatic carbocycles. The average molecular weight is 291 g/mol. The SMILES string of the molecule is Cc1nn2c(c1I)NC(=O)CC2=O. The maximum Gasteiger partial charge on any atom is 0.258 e. The van der Waals surface area contributed by atoms with Crippen LogP contribution in [0.4, 0.5) is 5.82 Å². The molecule has 1 aliphatic rings. The van der Waals surface area contributed by atoms with Gasteiger partial charge >= 0.3 is 0 Å². The standard InChI is InChI=1S/C7H6IN3O2/c1-3-6(8)7-9-4(12)2-5(13)11(7)10-3/h2H2,1H3,(H,9,12). The lowest BCUT2D eigenvalue weighted by atomic mass is 10.3. The first-order valence-electron chi connectivity index (χ1n) is 3.68. The van der Waals surface area contributed by atoms with Crippen LogP contribution in [-0.4, -0.2) is 21.6 Å². The van der Waals surface area contributed by atoms with Gasteiger partial charge in [-0.05, 0) is 29.5 Å². The van der Waals surface area contributed by atoms with Crippen molar-refractivity contribution in [3.63, 3.8) is 0 Å². The van der Waals surface area contributed by atoms with E-state index < -0.39 is 0 Å². The lowest BCUT2D eigenvalue weighted by molar-refractivity contribution is -0.115. The van der Waals surface area contributed by atoms with E-state index in [1.54, 1.807) is 6.92 Å². The molecule has 0 unspecified atom stereocenters. The molecule has 1 aromatic rings. The maximum atomic E-state index is 11.3. The van der Waals surface area contributed by atoms with Gasteiger partial charge in [0, 0.05) is 0 Å². The van der Waals surface area contributed by atoms with Gasteiger partial charge in [0.25, 0.3) is 5.91 Å². The number of carbonyl (C=O) groups excluding carboxylic acids is 2. The van der Waals surface area contributed by atoms with Crippen LogP contribution in [0.15, 0.2) is 0 Å². The Balaban J connectivity index is 2.61. The van der Waals surface area contributed by atoms with Crippen LogP contribution in [0.5, 0.6) is 0 Å². The molecule has 0 radical (unpaired) electrons. The molecule has 68 valence electrons. The highest BCUT2D eigenvalue weighted by molar-refractivity contribution is 14.1. The minimum atomic E-state index is -0.273. The molecule has 0 atom stereocenters. The molecule has 0 saturated carbocycles. The van der Waals surface area contributed by atoms with E-state index in [1.807, 2.05) is 0 Å². The third kappa shape index (κ3) is 1.25. The largest absolute Gasteiger partial charge is 0.309 e.